The van der Waals surface area contributed by atoms with Gasteiger partial charge < -0.3 is 5.32 Å². The summed E-state index contributed by atoms with van der Waals surface area (Å²) in [5, 5.41) is 2.92. The lowest BCUT2D eigenvalue weighted by molar-refractivity contribution is -0.120. The van der Waals surface area contributed by atoms with Crippen molar-refractivity contribution in [2.75, 3.05) is 24.7 Å². The second-order valence-corrected chi connectivity index (χ2v) is 8.53. The molecule has 1 aliphatic rings. The minimum Gasteiger partial charge on any atom is -0.326 e. The van der Waals surface area contributed by atoms with Crippen LogP contribution in [0.3, 0.4) is 0 Å². The van der Waals surface area contributed by atoms with E-state index in [1.165, 1.54) is 16.1 Å². The summed E-state index contributed by atoms with van der Waals surface area (Å²) in [6.07, 6.45) is 2.35. The fourth-order valence-corrected chi connectivity index (χ4v) is 3.75. The molecule has 116 valence electrons. The molecular formula is C14H19IN2O3S. The number of amides is 1. The van der Waals surface area contributed by atoms with Crippen molar-refractivity contribution in [3.63, 3.8) is 0 Å². The molecule has 1 N–H and O–H groups in total. The van der Waals surface area contributed by atoms with Crippen molar-refractivity contribution in [1.82, 2.24) is 4.31 Å². The summed E-state index contributed by atoms with van der Waals surface area (Å²) in [6.45, 7) is 2.86. The van der Waals surface area contributed by atoms with Crippen molar-refractivity contribution in [2.24, 2.45) is 5.92 Å². The zero-order valence-corrected chi connectivity index (χ0v) is 15.1. The first-order valence-corrected chi connectivity index (χ1v) is 9.72. The number of piperidine rings is 1. The van der Waals surface area contributed by atoms with Crippen molar-refractivity contribution in [2.45, 2.75) is 19.8 Å². The maximum atomic E-state index is 12.2. The highest BCUT2D eigenvalue weighted by Crippen LogP contribution is 2.22. The number of aryl methyl sites for hydroxylation is 1. The Kier molecular flexibility index (Phi) is 5.26. The second-order valence-electron chi connectivity index (χ2n) is 5.39. The molecule has 2 rings (SSSR count). The highest BCUT2D eigenvalue weighted by atomic mass is 127. The van der Waals surface area contributed by atoms with Crippen LogP contribution in [-0.2, 0) is 14.8 Å². The molecule has 0 saturated carbocycles. The van der Waals surface area contributed by atoms with E-state index < -0.39 is 10.0 Å². The first kappa shape index (κ1) is 16.7. The molecule has 0 bridgehead atoms. The van der Waals surface area contributed by atoms with E-state index in [-0.39, 0.29) is 11.8 Å². The van der Waals surface area contributed by atoms with Crippen molar-refractivity contribution >= 4 is 44.2 Å². The number of hydrogen-bond acceptors (Lipinski definition) is 3. The number of anilines is 1. The molecule has 0 atom stereocenters. The smallest absolute Gasteiger partial charge is 0.227 e. The van der Waals surface area contributed by atoms with Crippen LogP contribution < -0.4 is 5.32 Å². The molecule has 21 heavy (non-hydrogen) atoms. The summed E-state index contributed by atoms with van der Waals surface area (Å²) >= 11 is 2.24. The van der Waals surface area contributed by atoms with Gasteiger partial charge in [-0.2, -0.15) is 0 Å². The summed E-state index contributed by atoms with van der Waals surface area (Å²) in [5.41, 5.74) is 1.97. The van der Waals surface area contributed by atoms with E-state index in [0.717, 1.165) is 9.26 Å². The van der Waals surface area contributed by atoms with E-state index in [1.807, 2.05) is 25.1 Å². The predicted molar refractivity (Wildman–Crippen MR) is 91.7 cm³/mol. The van der Waals surface area contributed by atoms with E-state index in [9.17, 15) is 13.2 Å². The Hall–Kier alpha value is -0.670. The number of nitrogens with zero attached hydrogens (tertiary/aromatic N) is 1. The zero-order chi connectivity index (χ0) is 15.6. The van der Waals surface area contributed by atoms with Crippen molar-refractivity contribution in [3.05, 3.63) is 27.3 Å². The molecule has 1 aromatic rings. The molecule has 1 amide bonds. The monoisotopic (exact) mass is 422 g/mol. The molecule has 1 aliphatic heterocycles. The van der Waals surface area contributed by atoms with Crippen molar-refractivity contribution in [3.8, 4) is 0 Å². The molecule has 0 spiro atoms. The molecule has 0 unspecified atom stereocenters. The van der Waals surface area contributed by atoms with E-state index in [0.29, 0.717) is 25.9 Å². The van der Waals surface area contributed by atoms with Gasteiger partial charge in [0.05, 0.1) is 6.26 Å². The lowest BCUT2D eigenvalue weighted by Crippen LogP contribution is -2.40. The maximum absolute atomic E-state index is 12.2. The van der Waals surface area contributed by atoms with Gasteiger partial charge in [-0.3, -0.25) is 4.79 Å². The standard InChI is InChI=1S/C14H19IN2O3S/c1-10-3-4-12(9-13(10)15)16-14(18)11-5-7-17(8-6-11)21(2,19)20/h3-4,9,11H,5-8H2,1-2H3,(H,16,18). The first-order valence-electron chi connectivity index (χ1n) is 6.79. The Morgan fingerprint density at radius 3 is 2.48 bits per heavy atom. The maximum Gasteiger partial charge on any atom is 0.227 e. The van der Waals surface area contributed by atoms with Crippen LogP contribution in [0, 0.1) is 16.4 Å². The summed E-state index contributed by atoms with van der Waals surface area (Å²) < 4.78 is 25.4. The number of carbonyl (C=O) groups is 1. The Morgan fingerprint density at radius 1 is 1.33 bits per heavy atom. The molecule has 1 heterocycles. The van der Waals surface area contributed by atoms with E-state index in [1.54, 1.807) is 0 Å². The second kappa shape index (κ2) is 6.62. The third kappa shape index (κ3) is 4.40. The van der Waals surface area contributed by atoms with Crippen LogP contribution in [0.4, 0.5) is 5.69 Å². The Labute approximate surface area is 139 Å². The zero-order valence-electron chi connectivity index (χ0n) is 12.1. The number of rotatable bonds is 3. The van der Waals surface area contributed by atoms with Gasteiger partial charge in [-0.05, 0) is 60.1 Å². The van der Waals surface area contributed by atoms with Crippen LogP contribution in [0.15, 0.2) is 18.2 Å². The van der Waals surface area contributed by atoms with E-state index in [2.05, 4.69) is 27.9 Å². The normalized spacial score (nSPS) is 17.7. The fourth-order valence-electron chi connectivity index (χ4n) is 2.36. The van der Waals surface area contributed by atoms with Crippen LogP contribution in [0.5, 0.6) is 0 Å². The van der Waals surface area contributed by atoms with Crippen LogP contribution >= 0.6 is 22.6 Å². The largest absolute Gasteiger partial charge is 0.326 e. The Bertz CT molecular complexity index is 638. The Balaban J connectivity index is 1.95. The van der Waals surface area contributed by atoms with E-state index in [4.69, 9.17) is 0 Å². The predicted octanol–water partition coefficient (Wildman–Crippen LogP) is 2.21. The number of benzene rings is 1. The SMILES string of the molecule is Cc1ccc(NC(=O)C2CCN(S(C)(=O)=O)CC2)cc1I. The highest BCUT2D eigenvalue weighted by Gasteiger charge is 2.28. The van der Waals surface area contributed by atoms with Crippen LogP contribution in [-0.4, -0.2) is 38.0 Å². The van der Waals surface area contributed by atoms with Gasteiger partial charge in [0.2, 0.25) is 15.9 Å². The van der Waals surface area contributed by atoms with Gasteiger partial charge in [0.15, 0.2) is 0 Å². The topological polar surface area (TPSA) is 66.5 Å². The number of sulfonamides is 1. The molecule has 5 nitrogen and oxygen atoms in total. The minimum atomic E-state index is -3.14. The van der Waals surface area contributed by atoms with Gasteiger partial charge in [-0.15, -0.1) is 0 Å². The Morgan fingerprint density at radius 2 is 1.95 bits per heavy atom. The molecule has 7 heteroatoms. The van der Waals surface area contributed by atoms with Gasteiger partial charge in [-0.25, -0.2) is 12.7 Å². The first-order chi connectivity index (χ1) is 9.77. The van der Waals surface area contributed by atoms with Gasteiger partial charge in [0.25, 0.3) is 0 Å². The average Bonchev–Trinajstić information content (AvgIpc) is 2.42. The molecule has 0 aromatic heterocycles. The van der Waals surface area contributed by atoms with Crippen molar-refractivity contribution in [1.29, 1.82) is 0 Å². The number of halogens is 1. The van der Waals surface area contributed by atoms with Gasteiger partial charge in [0, 0.05) is 28.3 Å². The average molecular weight is 422 g/mol. The summed E-state index contributed by atoms with van der Waals surface area (Å²) in [6, 6.07) is 5.81. The molecule has 0 radical (unpaired) electrons. The van der Waals surface area contributed by atoms with Crippen LogP contribution in [0.2, 0.25) is 0 Å². The summed E-state index contributed by atoms with van der Waals surface area (Å²) in [4.78, 5) is 12.2. The summed E-state index contributed by atoms with van der Waals surface area (Å²) in [5.74, 6) is -0.148. The third-order valence-corrected chi connectivity index (χ3v) is 6.20. The van der Waals surface area contributed by atoms with E-state index >= 15 is 0 Å². The number of nitrogens with one attached hydrogen (secondary N) is 1. The quantitative estimate of drug-likeness (QED) is 0.760. The molecule has 1 saturated heterocycles. The molecule has 1 aromatic carbocycles. The molecular weight excluding hydrogens is 403 g/mol. The van der Waals surface area contributed by atoms with Gasteiger partial charge in [-0.1, -0.05) is 6.07 Å². The van der Waals surface area contributed by atoms with Crippen LogP contribution in [0.1, 0.15) is 18.4 Å². The summed E-state index contributed by atoms with van der Waals surface area (Å²) in [7, 11) is -3.14. The molecule has 1 fully saturated rings. The number of hydrogen-bond donors (Lipinski definition) is 1. The lowest BCUT2D eigenvalue weighted by atomic mass is 9.97. The fraction of sp³-hybridized carbons (Fsp3) is 0.500. The highest BCUT2D eigenvalue weighted by molar-refractivity contribution is 14.1. The number of carbonyl (C=O) groups excluding carboxylic acids is 1. The van der Waals surface area contributed by atoms with Crippen LogP contribution in [0.25, 0.3) is 0 Å². The third-order valence-electron chi connectivity index (χ3n) is 3.73. The van der Waals surface area contributed by atoms with Crippen molar-refractivity contribution < 1.29 is 13.2 Å². The molecule has 0 aliphatic carbocycles. The minimum absolute atomic E-state index is 0.0252. The van der Waals surface area contributed by atoms with Gasteiger partial charge in [0.1, 0.15) is 0 Å². The van der Waals surface area contributed by atoms with Gasteiger partial charge >= 0.3 is 0 Å². The lowest BCUT2D eigenvalue weighted by Gasteiger charge is -2.29.